The highest BCUT2D eigenvalue weighted by Crippen LogP contribution is 2.08. The molecule has 2 aromatic rings. The molecule has 0 aliphatic rings. The summed E-state index contributed by atoms with van der Waals surface area (Å²) in [7, 11) is 0. The van der Waals surface area contributed by atoms with Gasteiger partial charge in [0.25, 0.3) is 0 Å². The van der Waals surface area contributed by atoms with Gasteiger partial charge in [0.2, 0.25) is 0 Å². The average molecular weight is 336 g/mol. The lowest BCUT2D eigenvalue weighted by Crippen LogP contribution is -3.00. The molecule has 1 unspecified atom stereocenters. The van der Waals surface area contributed by atoms with Gasteiger partial charge in [-0.25, -0.2) is 0 Å². The number of ketones is 1. The van der Waals surface area contributed by atoms with E-state index < -0.39 is 6.10 Å². The minimum Gasteiger partial charge on any atom is -1.00 e. The summed E-state index contributed by atoms with van der Waals surface area (Å²) in [5.41, 5.74) is 0.740. The molecule has 0 radical (unpaired) electrons. The third kappa shape index (κ3) is 7.28. The molecule has 0 heterocycles. The van der Waals surface area contributed by atoms with Gasteiger partial charge in [-0.1, -0.05) is 48.5 Å². The number of ether oxygens (including phenoxy) is 1. The summed E-state index contributed by atoms with van der Waals surface area (Å²) in [5.74, 6) is 0.882. The number of hydrogen-bond acceptors (Lipinski definition) is 3. The van der Waals surface area contributed by atoms with Crippen LogP contribution in [0.2, 0.25) is 0 Å². The summed E-state index contributed by atoms with van der Waals surface area (Å²) in [6, 6.07) is 18.7. The Labute approximate surface area is 142 Å². The molecular formula is C18H22ClNO3. The van der Waals surface area contributed by atoms with E-state index in [1.165, 1.54) is 0 Å². The first kappa shape index (κ1) is 19.2. The largest absolute Gasteiger partial charge is 1.00 e. The molecule has 0 saturated carbocycles. The molecule has 2 aromatic carbocycles. The Morgan fingerprint density at radius 3 is 2.30 bits per heavy atom. The second-order valence-corrected chi connectivity index (χ2v) is 5.13. The van der Waals surface area contributed by atoms with Gasteiger partial charge in [-0.05, 0) is 12.1 Å². The van der Waals surface area contributed by atoms with E-state index in [9.17, 15) is 9.90 Å². The first-order chi connectivity index (χ1) is 10.8. The van der Waals surface area contributed by atoms with E-state index in [2.05, 4.69) is 0 Å². The van der Waals surface area contributed by atoms with Crippen molar-refractivity contribution in [3.05, 3.63) is 66.2 Å². The zero-order valence-corrected chi connectivity index (χ0v) is 13.7. The van der Waals surface area contributed by atoms with E-state index in [4.69, 9.17) is 4.74 Å². The number of nitrogens with two attached hydrogens (primary N) is 1. The van der Waals surface area contributed by atoms with Crippen molar-refractivity contribution in [3.8, 4) is 5.75 Å². The highest BCUT2D eigenvalue weighted by molar-refractivity contribution is 5.95. The third-order valence-corrected chi connectivity index (χ3v) is 3.30. The first-order valence-corrected chi connectivity index (χ1v) is 7.51. The van der Waals surface area contributed by atoms with Crippen molar-refractivity contribution in [3.63, 3.8) is 0 Å². The minimum atomic E-state index is -0.549. The number of hydrogen-bond donors (Lipinski definition) is 2. The van der Waals surface area contributed by atoms with Gasteiger partial charge >= 0.3 is 0 Å². The summed E-state index contributed by atoms with van der Waals surface area (Å²) in [4.78, 5) is 11.9. The molecule has 0 aromatic heterocycles. The SMILES string of the molecule is O=C(CC[NH2+]CC(O)COc1ccccc1)c1ccccc1.[Cl-]. The summed E-state index contributed by atoms with van der Waals surface area (Å²) >= 11 is 0. The Kier molecular flexibility index (Phi) is 8.98. The Balaban J connectivity index is 0.00000264. The molecule has 3 N–H and O–H groups in total. The standard InChI is InChI=1S/C18H21NO3.ClH/c20-16(14-22-17-9-5-2-6-10-17)13-19-12-11-18(21)15-7-3-1-4-8-15;/h1-10,16,19-20H,11-14H2;1H. The third-order valence-electron chi connectivity index (χ3n) is 3.30. The van der Waals surface area contributed by atoms with E-state index in [1.807, 2.05) is 66.0 Å². The number of carbonyl (C=O) groups excluding carboxylic acids is 1. The smallest absolute Gasteiger partial charge is 0.168 e. The summed E-state index contributed by atoms with van der Waals surface area (Å²) in [6.45, 7) is 1.44. The van der Waals surface area contributed by atoms with Gasteiger partial charge < -0.3 is 27.6 Å². The summed E-state index contributed by atoms with van der Waals surface area (Å²) in [5, 5.41) is 11.8. The Morgan fingerprint density at radius 2 is 1.65 bits per heavy atom. The van der Waals surface area contributed by atoms with E-state index in [0.717, 1.165) is 11.3 Å². The zero-order valence-electron chi connectivity index (χ0n) is 12.9. The number of aliphatic hydroxyl groups excluding tert-OH is 1. The van der Waals surface area contributed by atoms with Gasteiger partial charge in [-0.2, -0.15) is 0 Å². The van der Waals surface area contributed by atoms with Crippen LogP contribution in [0.15, 0.2) is 60.7 Å². The molecule has 0 aliphatic carbocycles. The highest BCUT2D eigenvalue weighted by atomic mass is 35.5. The number of halogens is 1. The lowest BCUT2D eigenvalue weighted by Gasteiger charge is -2.11. The van der Waals surface area contributed by atoms with Crippen LogP contribution in [0.3, 0.4) is 0 Å². The fourth-order valence-corrected chi connectivity index (χ4v) is 2.09. The minimum absolute atomic E-state index is 0. The predicted octanol–water partition coefficient (Wildman–Crippen LogP) is -1.73. The maximum Gasteiger partial charge on any atom is 0.168 e. The molecular weight excluding hydrogens is 314 g/mol. The van der Waals surface area contributed by atoms with Crippen LogP contribution in [-0.2, 0) is 0 Å². The second kappa shape index (κ2) is 10.8. The lowest BCUT2D eigenvalue weighted by atomic mass is 10.1. The van der Waals surface area contributed by atoms with Gasteiger partial charge in [-0.15, -0.1) is 0 Å². The van der Waals surface area contributed by atoms with Crippen LogP contribution in [0.5, 0.6) is 5.75 Å². The van der Waals surface area contributed by atoms with Gasteiger partial charge in [0.05, 0.1) is 13.0 Å². The molecule has 0 bridgehead atoms. The first-order valence-electron chi connectivity index (χ1n) is 7.51. The molecule has 2 rings (SSSR count). The molecule has 23 heavy (non-hydrogen) atoms. The van der Waals surface area contributed by atoms with E-state index in [0.29, 0.717) is 19.5 Å². The Hall–Kier alpha value is -1.88. The predicted molar refractivity (Wildman–Crippen MR) is 85.0 cm³/mol. The van der Waals surface area contributed by atoms with Gasteiger partial charge in [0.15, 0.2) is 5.78 Å². The second-order valence-electron chi connectivity index (χ2n) is 5.13. The number of quaternary nitrogens is 1. The lowest BCUT2D eigenvalue weighted by molar-refractivity contribution is -0.659. The van der Waals surface area contributed by atoms with Crippen LogP contribution in [0.1, 0.15) is 16.8 Å². The fraction of sp³-hybridized carbons (Fsp3) is 0.278. The van der Waals surface area contributed by atoms with Gasteiger partial charge in [0, 0.05) is 5.56 Å². The summed E-state index contributed by atoms with van der Waals surface area (Å²) < 4.78 is 5.48. The van der Waals surface area contributed by atoms with Crippen molar-refractivity contribution < 1.29 is 32.4 Å². The van der Waals surface area contributed by atoms with Crippen molar-refractivity contribution in [2.75, 3.05) is 19.7 Å². The summed E-state index contributed by atoms with van der Waals surface area (Å²) in [6.07, 6.45) is -0.0805. The van der Waals surface area contributed by atoms with Crippen molar-refractivity contribution >= 4 is 5.78 Å². The number of aliphatic hydroxyl groups is 1. The maximum absolute atomic E-state index is 11.9. The van der Waals surface area contributed by atoms with Gasteiger partial charge in [-0.3, -0.25) is 4.79 Å². The molecule has 124 valence electrons. The number of benzene rings is 2. The Bertz CT molecular complexity index is 563. The van der Waals surface area contributed by atoms with E-state index in [1.54, 1.807) is 0 Å². The van der Waals surface area contributed by atoms with Crippen molar-refractivity contribution in [1.29, 1.82) is 0 Å². The molecule has 5 heteroatoms. The van der Waals surface area contributed by atoms with E-state index >= 15 is 0 Å². The number of para-hydroxylation sites is 1. The van der Waals surface area contributed by atoms with Crippen LogP contribution < -0.4 is 22.5 Å². The van der Waals surface area contributed by atoms with Crippen LogP contribution >= 0.6 is 0 Å². The van der Waals surface area contributed by atoms with Crippen LogP contribution in [0.4, 0.5) is 0 Å². The number of carbonyl (C=O) groups is 1. The van der Waals surface area contributed by atoms with Crippen LogP contribution in [-0.4, -0.2) is 36.7 Å². The molecule has 0 fully saturated rings. The van der Waals surface area contributed by atoms with Gasteiger partial charge in [0.1, 0.15) is 25.0 Å². The monoisotopic (exact) mass is 335 g/mol. The van der Waals surface area contributed by atoms with Crippen molar-refractivity contribution in [2.24, 2.45) is 0 Å². The van der Waals surface area contributed by atoms with E-state index in [-0.39, 0.29) is 24.8 Å². The fourth-order valence-electron chi connectivity index (χ4n) is 2.09. The molecule has 1 atom stereocenters. The Morgan fingerprint density at radius 1 is 1.04 bits per heavy atom. The molecule has 0 aliphatic heterocycles. The average Bonchev–Trinajstić information content (AvgIpc) is 2.58. The maximum atomic E-state index is 11.9. The normalized spacial score (nSPS) is 11.3. The van der Waals surface area contributed by atoms with Crippen LogP contribution in [0.25, 0.3) is 0 Å². The van der Waals surface area contributed by atoms with Crippen LogP contribution in [0, 0.1) is 0 Å². The quantitative estimate of drug-likeness (QED) is 0.423. The molecule has 0 spiro atoms. The zero-order chi connectivity index (χ0) is 15.6. The number of Topliss-reactive ketones (excluding diaryl/α,β-unsaturated/α-hetero) is 1. The van der Waals surface area contributed by atoms with Crippen molar-refractivity contribution in [2.45, 2.75) is 12.5 Å². The molecule has 0 saturated heterocycles. The van der Waals surface area contributed by atoms with Crippen molar-refractivity contribution in [1.82, 2.24) is 0 Å². The highest BCUT2D eigenvalue weighted by Gasteiger charge is 2.09. The topological polar surface area (TPSA) is 63.1 Å². The molecule has 4 nitrogen and oxygen atoms in total. The molecule has 0 amide bonds. The number of rotatable bonds is 9.